The quantitative estimate of drug-likeness (QED) is 0.806. The van der Waals surface area contributed by atoms with Gasteiger partial charge in [-0.3, -0.25) is 9.69 Å². The third-order valence-corrected chi connectivity index (χ3v) is 4.88. The van der Waals surface area contributed by atoms with E-state index < -0.39 is 11.5 Å². The lowest BCUT2D eigenvalue weighted by Crippen LogP contribution is -2.58. The standard InChI is InChI=1S/C14H26N2O3/c1-13(19-2)6-4-8-16(10-13)11-5-3-7-14(15,9-11)12(17)18/h11H,3-10,15H2,1-2H3,(H,17,18). The van der Waals surface area contributed by atoms with E-state index in [0.29, 0.717) is 12.8 Å². The van der Waals surface area contributed by atoms with E-state index in [4.69, 9.17) is 10.5 Å². The van der Waals surface area contributed by atoms with Crippen LogP contribution in [0.5, 0.6) is 0 Å². The van der Waals surface area contributed by atoms with Crippen LogP contribution in [0.15, 0.2) is 0 Å². The fourth-order valence-corrected chi connectivity index (χ4v) is 3.51. The van der Waals surface area contributed by atoms with Crippen LogP contribution in [0.2, 0.25) is 0 Å². The number of likely N-dealkylation sites (tertiary alicyclic amines) is 1. The molecule has 110 valence electrons. The number of ether oxygens (including phenoxy) is 1. The second kappa shape index (κ2) is 5.38. The maximum Gasteiger partial charge on any atom is 0.323 e. The maximum atomic E-state index is 11.3. The number of piperidine rings is 1. The Morgan fingerprint density at radius 1 is 1.42 bits per heavy atom. The van der Waals surface area contributed by atoms with Gasteiger partial charge in [0.25, 0.3) is 0 Å². The molecular weight excluding hydrogens is 244 g/mol. The van der Waals surface area contributed by atoms with Crippen molar-refractivity contribution in [2.45, 2.75) is 62.6 Å². The summed E-state index contributed by atoms with van der Waals surface area (Å²) in [6, 6.07) is 0.282. The Kier molecular flexibility index (Phi) is 4.18. The molecular formula is C14H26N2O3. The number of aliphatic carboxylic acids is 1. The number of carboxylic acids is 1. The fraction of sp³-hybridized carbons (Fsp3) is 0.929. The molecule has 1 saturated carbocycles. The van der Waals surface area contributed by atoms with E-state index in [1.54, 1.807) is 7.11 Å². The van der Waals surface area contributed by atoms with Gasteiger partial charge in [-0.05, 0) is 52.0 Å². The first-order chi connectivity index (χ1) is 8.88. The Morgan fingerprint density at radius 3 is 2.79 bits per heavy atom. The highest BCUT2D eigenvalue weighted by molar-refractivity contribution is 5.78. The first-order valence-corrected chi connectivity index (χ1v) is 7.20. The first-order valence-electron chi connectivity index (χ1n) is 7.20. The Balaban J connectivity index is 2.03. The molecule has 2 aliphatic rings. The van der Waals surface area contributed by atoms with Crippen molar-refractivity contribution in [1.82, 2.24) is 4.90 Å². The number of nitrogens with two attached hydrogens (primary N) is 1. The van der Waals surface area contributed by atoms with Crippen LogP contribution in [0.3, 0.4) is 0 Å². The van der Waals surface area contributed by atoms with Gasteiger partial charge in [-0.25, -0.2) is 0 Å². The third kappa shape index (κ3) is 3.09. The maximum absolute atomic E-state index is 11.3. The van der Waals surface area contributed by atoms with Gasteiger partial charge in [-0.2, -0.15) is 0 Å². The lowest BCUT2D eigenvalue weighted by Gasteiger charge is -2.46. The molecule has 0 aromatic heterocycles. The van der Waals surface area contributed by atoms with Gasteiger partial charge in [0.15, 0.2) is 0 Å². The van der Waals surface area contributed by atoms with Crippen LogP contribution >= 0.6 is 0 Å². The average Bonchev–Trinajstić information content (AvgIpc) is 2.39. The van der Waals surface area contributed by atoms with Crippen LogP contribution in [0.25, 0.3) is 0 Å². The van der Waals surface area contributed by atoms with Crippen molar-refractivity contribution in [2.24, 2.45) is 5.73 Å². The fourth-order valence-electron chi connectivity index (χ4n) is 3.51. The van der Waals surface area contributed by atoms with Crippen molar-refractivity contribution < 1.29 is 14.6 Å². The first kappa shape index (κ1) is 14.8. The number of hydrogen-bond acceptors (Lipinski definition) is 4. The van der Waals surface area contributed by atoms with Crippen molar-refractivity contribution in [3.8, 4) is 0 Å². The zero-order valence-electron chi connectivity index (χ0n) is 12.0. The molecule has 0 amide bonds. The van der Waals surface area contributed by atoms with Gasteiger partial charge in [0.1, 0.15) is 5.54 Å². The van der Waals surface area contributed by atoms with E-state index in [1.165, 1.54) is 0 Å². The molecule has 1 aliphatic carbocycles. The molecule has 1 aliphatic heterocycles. The molecule has 0 aromatic carbocycles. The SMILES string of the molecule is COC1(C)CCCN(C2CCCC(N)(C(=O)O)C2)C1. The van der Waals surface area contributed by atoms with Gasteiger partial charge in [0.05, 0.1) is 5.60 Å². The van der Waals surface area contributed by atoms with E-state index >= 15 is 0 Å². The van der Waals surface area contributed by atoms with Crippen LogP contribution in [0.1, 0.15) is 45.4 Å². The smallest absolute Gasteiger partial charge is 0.323 e. The zero-order chi connectivity index (χ0) is 14.1. The minimum Gasteiger partial charge on any atom is -0.480 e. The molecule has 1 saturated heterocycles. The third-order valence-electron chi connectivity index (χ3n) is 4.88. The lowest BCUT2D eigenvalue weighted by molar-refractivity contribution is -0.146. The van der Waals surface area contributed by atoms with Crippen LogP contribution in [0, 0.1) is 0 Å². The molecule has 2 fully saturated rings. The molecule has 0 radical (unpaired) electrons. The van der Waals surface area contributed by atoms with E-state index in [-0.39, 0.29) is 11.6 Å². The molecule has 0 spiro atoms. The summed E-state index contributed by atoms with van der Waals surface area (Å²) in [5, 5.41) is 9.29. The molecule has 5 heteroatoms. The predicted octanol–water partition coefficient (Wildman–Crippen LogP) is 1.21. The highest BCUT2D eigenvalue weighted by atomic mass is 16.5. The van der Waals surface area contributed by atoms with E-state index in [1.807, 2.05) is 0 Å². The summed E-state index contributed by atoms with van der Waals surface area (Å²) in [7, 11) is 1.76. The number of carboxylic acid groups (broad SMARTS) is 1. The highest BCUT2D eigenvalue weighted by Gasteiger charge is 2.43. The summed E-state index contributed by atoms with van der Waals surface area (Å²) in [5.74, 6) is -0.858. The van der Waals surface area contributed by atoms with Gasteiger partial charge in [-0.1, -0.05) is 0 Å². The number of rotatable bonds is 3. The van der Waals surface area contributed by atoms with Crippen molar-refractivity contribution >= 4 is 5.97 Å². The number of methoxy groups -OCH3 is 1. The normalized spacial score (nSPS) is 41.1. The summed E-state index contributed by atoms with van der Waals surface area (Å²) in [5.41, 5.74) is 4.90. The number of hydrogen-bond donors (Lipinski definition) is 2. The zero-order valence-corrected chi connectivity index (χ0v) is 12.0. The van der Waals surface area contributed by atoms with Gasteiger partial charge < -0.3 is 15.6 Å². The van der Waals surface area contributed by atoms with E-state index in [2.05, 4.69) is 11.8 Å². The molecule has 0 bridgehead atoms. The molecule has 19 heavy (non-hydrogen) atoms. The number of nitrogens with zero attached hydrogens (tertiary/aromatic N) is 1. The summed E-state index contributed by atoms with van der Waals surface area (Å²) in [6.45, 7) is 4.04. The summed E-state index contributed by atoms with van der Waals surface area (Å²) >= 11 is 0. The van der Waals surface area contributed by atoms with Gasteiger partial charge in [-0.15, -0.1) is 0 Å². The Labute approximate surface area is 115 Å². The molecule has 3 N–H and O–H groups in total. The number of carbonyl (C=O) groups is 1. The average molecular weight is 270 g/mol. The second-order valence-corrected chi connectivity index (χ2v) is 6.44. The topological polar surface area (TPSA) is 75.8 Å². The second-order valence-electron chi connectivity index (χ2n) is 6.44. The largest absolute Gasteiger partial charge is 0.480 e. The van der Waals surface area contributed by atoms with Crippen LogP contribution in [-0.4, -0.2) is 53.4 Å². The van der Waals surface area contributed by atoms with Crippen molar-refractivity contribution in [3.05, 3.63) is 0 Å². The van der Waals surface area contributed by atoms with Gasteiger partial charge in [0, 0.05) is 19.7 Å². The minimum atomic E-state index is -1.04. The van der Waals surface area contributed by atoms with Crippen LogP contribution in [0.4, 0.5) is 0 Å². The van der Waals surface area contributed by atoms with E-state index in [9.17, 15) is 9.90 Å². The molecule has 3 atom stereocenters. The highest BCUT2D eigenvalue weighted by Crippen LogP contribution is 2.33. The molecule has 5 nitrogen and oxygen atoms in total. The summed E-state index contributed by atoms with van der Waals surface area (Å²) in [6.07, 6.45) is 5.26. The molecule has 1 heterocycles. The van der Waals surface area contributed by atoms with Crippen molar-refractivity contribution in [3.63, 3.8) is 0 Å². The van der Waals surface area contributed by atoms with Crippen LogP contribution in [-0.2, 0) is 9.53 Å². The Bertz CT molecular complexity index is 350. The molecule has 3 unspecified atom stereocenters. The Morgan fingerprint density at radius 2 is 2.16 bits per heavy atom. The Hall–Kier alpha value is -0.650. The molecule has 2 rings (SSSR count). The summed E-state index contributed by atoms with van der Waals surface area (Å²) < 4.78 is 5.61. The monoisotopic (exact) mass is 270 g/mol. The lowest BCUT2D eigenvalue weighted by atomic mass is 9.78. The van der Waals surface area contributed by atoms with Crippen molar-refractivity contribution in [1.29, 1.82) is 0 Å². The van der Waals surface area contributed by atoms with Gasteiger partial charge >= 0.3 is 5.97 Å². The van der Waals surface area contributed by atoms with Gasteiger partial charge in [0.2, 0.25) is 0 Å². The summed E-state index contributed by atoms with van der Waals surface area (Å²) in [4.78, 5) is 13.7. The van der Waals surface area contributed by atoms with Crippen molar-refractivity contribution in [2.75, 3.05) is 20.2 Å². The van der Waals surface area contributed by atoms with E-state index in [0.717, 1.165) is 38.8 Å². The van der Waals surface area contributed by atoms with Crippen LogP contribution < -0.4 is 5.73 Å². The predicted molar refractivity (Wildman–Crippen MR) is 73.0 cm³/mol. The minimum absolute atomic E-state index is 0.101. The molecule has 0 aromatic rings.